The van der Waals surface area contributed by atoms with Gasteiger partial charge in [-0.2, -0.15) is 0 Å². The fourth-order valence-electron chi connectivity index (χ4n) is 0.750. The Balaban J connectivity index is 2.11. The summed E-state index contributed by atoms with van der Waals surface area (Å²) in [6.45, 7) is 0.0249. The summed E-state index contributed by atoms with van der Waals surface area (Å²) in [4.78, 5) is 0. The molecule has 4 nitrogen and oxygen atoms in total. The van der Waals surface area contributed by atoms with Crippen LogP contribution in [0.15, 0.2) is 0 Å². The van der Waals surface area contributed by atoms with Gasteiger partial charge < -0.3 is 19.7 Å². The molecular weight excluding hydrogens is 112 g/mol. The highest BCUT2D eigenvalue weighted by Crippen LogP contribution is 2.55. The van der Waals surface area contributed by atoms with E-state index < -0.39 is 11.6 Å². The molecule has 0 amide bonds. The van der Waals surface area contributed by atoms with E-state index in [0.29, 0.717) is 6.61 Å². The van der Waals surface area contributed by atoms with Crippen molar-refractivity contribution in [1.82, 2.24) is 0 Å². The maximum Gasteiger partial charge on any atom is 0.253 e. The van der Waals surface area contributed by atoms with E-state index in [1.165, 1.54) is 0 Å². The molecule has 2 rings (SSSR count). The van der Waals surface area contributed by atoms with E-state index in [1.807, 2.05) is 0 Å². The van der Waals surface area contributed by atoms with Gasteiger partial charge in [0.2, 0.25) is 5.79 Å². The predicted molar refractivity (Wildman–Crippen MR) is 21.8 cm³/mol. The predicted octanol–water partition coefficient (Wildman–Crippen LogP) is -1.58. The molecule has 2 saturated heterocycles. The van der Waals surface area contributed by atoms with E-state index in [9.17, 15) is 0 Å². The molecule has 4 heteroatoms. The summed E-state index contributed by atoms with van der Waals surface area (Å²) in [7, 11) is 0. The molecule has 8 heavy (non-hydrogen) atoms. The summed E-state index contributed by atoms with van der Waals surface area (Å²) in [6, 6.07) is 0. The number of ether oxygens (including phenoxy) is 2. The maximum absolute atomic E-state index is 8.93. The van der Waals surface area contributed by atoms with Crippen molar-refractivity contribution in [3.63, 3.8) is 0 Å². The van der Waals surface area contributed by atoms with E-state index in [-0.39, 0.29) is 6.61 Å². The van der Waals surface area contributed by atoms with Crippen LogP contribution in [-0.2, 0) is 9.47 Å². The Morgan fingerprint density at radius 1 is 1.62 bits per heavy atom. The van der Waals surface area contributed by atoms with E-state index in [0.717, 1.165) is 0 Å². The Bertz CT molecular complexity index is 130. The van der Waals surface area contributed by atoms with E-state index >= 15 is 0 Å². The van der Waals surface area contributed by atoms with Crippen LogP contribution in [0, 0.1) is 0 Å². The normalized spacial score (nSPS) is 59.2. The van der Waals surface area contributed by atoms with Crippen molar-refractivity contribution in [2.24, 2.45) is 0 Å². The zero-order valence-corrected chi connectivity index (χ0v) is 4.13. The van der Waals surface area contributed by atoms with Crippen molar-refractivity contribution in [2.45, 2.75) is 11.6 Å². The van der Waals surface area contributed by atoms with Crippen LogP contribution in [0.25, 0.3) is 0 Å². The van der Waals surface area contributed by atoms with Gasteiger partial charge >= 0.3 is 0 Å². The first-order valence-electron chi connectivity index (χ1n) is 2.40. The molecule has 2 N–H and O–H groups in total. The van der Waals surface area contributed by atoms with E-state index in [4.69, 9.17) is 10.2 Å². The Morgan fingerprint density at radius 2 is 2.25 bits per heavy atom. The largest absolute Gasteiger partial charge is 0.391 e. The van der Waals surface area contributed by atoms with Gasteiger partial charge in [-0.15, -0.1) is 0 Å². The van der Waals surface area contributed by atoms with E-state index in [2.05, 4.69) is 9.47 Å². The minimum atomic E-state index is -1.37. The molecule has 0 aliphatic carbocycles. The topological polar surface area (TPSA) is 65.5 Å². The van der Waals surface area contributed by atoms with Crippen molar-refractivity contribution in [1.29, 1.82) is 0 Å². The zero-order valence-electron chi connectivity index (χ0n) is 4.13. The van der Waals surface area contributed by atoms with Gasteiger partial charge in [0.05, 0.1) is 0 Å². The molecule has 1 spiro atoms. The molecule has 2 aliphatic rings. The molecule has 2 heterocycles. The highest BCUT2D eigenvalue weighted by atomic mass is 16.9. The van der Waals surface area contributed by atoms with Crippen molar-refractivity contribution < 1.29 is 19.7 Å². The third kappa shape index (κ3) is 0.315. The van der Waals surface area contributed by atoms with Gasteiger partial charge in [-0.1, -0.05) is 0 Å². The molecule has 2 atom stereocenters. The molecule has 0 unspecified atom stereocenters. The number of hydrogen-bond acceptors (Lipinski definition) is 4. The number of aliphatic hydroxyl groups excluding tert-OH is 1. The van der Waals surface area contributed by atoms with Crippen LogP contribution in [0.4, 0.5) is 0 Å². The second-order valence-electron chi connectivity index (χ2n) is 2.09. The Hall–Kier alpha value is -0.160. The fourth-order valence-corrected chi connectivity index (χ4v) is 0.750. The smallest absolute Gasteiger partial charge is 0.253 e. The molecular formula is C4H6O4. The van der Waals surface area contributed by atoms with Gasteiger partial charge in [-0.3, -0.25) is 0 Å². The average Bonchev–Trinajstić information content (AvgIpc) is 2.57. The minimum absolute atomic E-state index is 0.382. The van der Waals surface area contributed by atoms with Gasteiger partial charge in [0, 0.05) is 0 Å². The first kappa shape index (κ1) is 4.69. The van der Waals surface area contributed by atoms with Crippen LogP contribution in [0.2, 0.25) is 0 Å². The quantitative estimate of drug-likeness (QED) is 0.408. The molecule has 0 saturated carbocycles. The van der Waals surface area contributed by atoms with Crippen LogP contribution in [0.3, 0.4) is 0 Å². The SMILES string of the molecule is OC[C@]1(O)O[C@]12CO2. The summed E-state index contributed by atoms with van der Waals surface area (Å²) < 4.78 is 9.32. The molecule has 2 fully saturated rings. The van der Waals surface area contributed by atoms with Gasteiger partial charge in [0.1, 0.15) is 13.2 Å². The van der Waals surface area contributed by atoms with Gasteiger partial charge in [-0.05, 0) is 0 Å². The maximum atomic E-state index is 8.93. The first-order valence-corrected chi connectivity index (χ1v) is 2.40. The zero-order chi connectivity index (χ0) is 5.83. The number of epoxide rings is 2. The van der Waals surface area contributed by atoms with Crippen molar-refractivity contribution in [3.8, 4) is 0 Å². The highest BCUT2D eigenvalue weighted by molar-refractivity contribution is 5.09. The van der Waals surface area contributed by atoms with Crippen molar-refractivity contribution in [3.05, 3.63) is 0 Å². The molecule has 0 aromatic rings. The third-order valence-corrected chi connectivity index (χ3v) is 1.51. The second-order valence-corrected chi connectivity index (χ2v) is 2.09. The molecule has 0 aromatic heterocycles. The lowest BCUT2D eigenvalue weighted by Gasteiger charge is -1.92. The van der Waals surface area contributed by atoms with E-state index in [1.54, 1.807) is 0 Å². The third-order valence-electron chi connectivity index (χ3n) is 1.51. The molecule has 0 aromatic carbocycles. The summed E-state index contributed by atoms with van der Waals surface area (Å²) in [6.07, 6.45) is 0. The summed E-state index contributed by atoms with van der Waals surface area (Å²) in [5, 5.41) is 17.3. The van der Waals surface area contributed by atoms with Crippen LogP contribution < -0.4 is 0 Å². The lowest BCUT2D eigenvalue weighted by Crippen LogP contribution is -2.20. The number of hydrogen-bond donors (Lipinski definition) is 2. The van der Waals surface area contributed by atoms with Crippen molar-refractivity contribution >= 4 is 0 Å². The summed E-state index contributed by atoms with van der Waals surface area (Å²) >= 11 is 0. The highest BCUT2D eigenvalue weighted by Gasteiger charge is 2.80. The van der Waals surface area contributed by atoms with Crippen LogP contribution >= 0.6 is 0 Å². The van der Waals surface area contributed by atoms with Crippen molar-refractivity contribution in [2.75, 3.05) is 13.2 Å². The van der Waals surface area contributed by atoms with Gasteiger partial charge in [-0.25, -0.2) is 0 Å². The molecule has 0 radical (unpaired) electrons. The van der Waals surface area contributed by atoms with Crippen LogP contribution in [0.1, 0.15) is 0 Å². The monoisotopic (exact) mass is 118 g/mol. The van der Waals surface area contributed by atoms with Gasteiger partial charge in [0.15, 0.2) is 0 Å². The Labute approximate surface area is 45.6 Å². The Kier molecular flexibility index (Phi) is 0.546. The average molecular weight is 118 g/mol. The standard InChI is InChI=1S/C4H6O4/c5-1-3(6)4(8-3)2-7-4/h5-6H,1-2H2/t3-,4+/m0/s1. The summed E-state index contributed by atoms with van der Waals surface area (Å²) in [5.74, 6) is -2.16. The van der Waals surface area contributed by atoms with Crippen LogP contribution in [0.5, 0.6) is 0 Å². The molecule has 2 aliphatic heterocycles. The molecule has 0 bridgehead atoms. The van der Waals surface area contributed by atoms with Gasteiger partial charge in [0.25, 0.3) is 5.79 Å². The lowest BCUT2D eigenvalue weighted by molar-refractivity contribution is -0.0140. The molecule has 46 valence electrons. The van der Waals surface area contributed by atoms with Crippen LogP contribution in [-0.4, -0.2) is 35.0 Å². The fraction of sp³-hybridized carbons (Fsp3) is 1.00. The summed E-state index contributed by atoms with van der Waals surface area (Å²) in [5.41, 5.74) is 0. The second kappa shape index (κ2) is 0.930. The number of aliphatic hydroxyl groups is 2. The number of rotatable bonds is 1. The lowest BCUT2D eigenvalue weighted by atomic mass is 10.3. The Morgan fingerprint density at radius 3 is 2.38 bits per heavy atom. The minimum Gasteiger partial charge on any atom is -0.391 e. The first-order chi connectivity index (χ1) is 3.72.